The number of aliphatic hydroxyl groups excluding tert-OH is 1. The molecule has 0 amide bonds. The van der Waals surface area contributed by atoms with Crippen molar-refractivity contribution in [2.45, 2.75) is 6.42 Å². The predicted octanol–water partition coefficient (Wildman–Crippen LogP) is 0.903. The summed E-state index contributed by atoms with van der Waals surface area (Å²) in [6, 6.07) is 0. The lowest BCUT2D eigenvalue weighted by Crippen LogP contribution is -1.91. The maximum absolute atomic E-state index is 8.62. The molecule has 1 N–H and O–H groups in total. The highest BCUT2D eigenvalue weighted by molar-refractivity contribution is 5.75. The maximum atomic E-state index is 8.62. The molecule has 2 heteroatoms. The van der Waals surface area contributed by atoms with Crippen LogP contribution in [0.5, 0.6) is 0 Å². The minimum atomic E-state index is 0.297. The van der Waals surface area contributed by atoms with Crippen LogP contribution in [-0.4, -0.2) is 17.9 Å². The van der Waals surface area contributed by atoms with Gasteiger partial charge in [-0.15, -0.1) is 0 Å². The summed E-state index contributed by atoms with van der Waals surface area (Å²) in [5, 5.41) is 8.62. The summed E-state index contributed by atoms with van der Waals surface area (Å²) in [6.45, 7) is 0.823. The molecule has 1 aliphatic rings. The normalized spacial score (nSPS) is 19.1. The molecule has 0 saturated heterocycles. The van der Waals surface area contributed by atoms with Gasteiger partial charge in [-0.2, -0.15) is 0 Å². The zero-order valence-electron chi connectivity index (χ0n) is 3.96. The average Bonchev–Trinajstić information content (AvgIpc) is 1.69. The van der Waals surface area contributed by atoms with Gasteiger partial charge in [0.05, 0.1) is 6.21 Å². The Morgan fingerprint density at radius 3 is 2.86 bits per heavy atom. The van der Waals surface area contributed by atoms with E-state index in [0.29, 0.717) is 5.76 Å². The number of aliphatic hydroxyl groups is 1. The van der Waals surface area contributed by atoms with E-state index in [1.807, 2.05) is 0 Å². The summed E-state index contributed by atoms with van der Waals surface area (Å²) >= 11 is 0. The third-order valence-electron chi connectivity index (χ3n) is 0.835. The lowest BCUT2D eigenvalue weighted by Gasteiger charge is -1.95. The Labute approximate surface area is 42.2 Å². The maximum Gasteiger partial charge on any atom is 0.129 e. The lowest BCUT2D eigenvalue weighted by molar-refractivity contribution is 0.441. The van der Waals surface area contributed by atoms with Crippen LogP contribution in [0.4, 0.5) is 0 Å². The van der Waals surface area contributed by atoms with Gasteiger partial charge in [0, 0.05) is 6.54 Å². The van der Waals surface area contributed by atoms with E-state index in [4.69, 9.17) is 5.11 Å². The first kappa shape index (κ1) is 4.37. The molecule has 7 heavy (non-hydrogen) atoms. The Balaban J connectivity index is 2.58. The van der Waals surface area contributed by atoms with Crippen LogP contribution in [-0.2, 0) is 0 Å². The quantitative estimate of drug-likeness (QED) is 0.478. The molecule has 0 unspecified atom stereocenters. The largest absolute Gasteiger partial charge is 0.507 e. The van der Waals surface area contributed by atoms with Crippen LogP contribution in [0.15, 0.2) is 16.8 Å². The Kier molecular flexibility index (Phi) is 1.11. The van der Waals surface area contributed by atoms with Gasteiger partial charge in [-0.25, -0.2) is 0 Å². The van der Waals surface area contributed by atoms with Gasteiger partial charge in [0.25, 0.3) is 0 Å². The minimum absolute atomic E-state index is 0.297. The van der Waals surface area contributed by atoms with Crippen molar-refractivity contribution in [3.05, 3.63) is 11.8 Å². The molecular formula is C5H7NO. The summed E-state index contributed by atoms with van der Waals surface area (Å²) in [7, 11) is 0. The van der Waals surface area contributed by atoms with Crippen molar-refractivity contribution in [2.24, 2.45) is 4.99 Å². The second kappa shape index (κ2) is 1.78. The standard InChI is InChI=1S/C5H7NO/c7-5-2-1-3-6-4-5/h2,4,7H,1,3H2. The molecule has 0 atom stereocenters. The minimum Gasteiger partial charge on any atom is -0.507 e. The van der Waals surface area contributed by atoms with Crippen molar-refractivity contribution in [1.29, 1.82) is 0 Å². The van der Waals surface area contributed by atoms with E-state index < -0.39 is 0 Å². The van der Waals surface area contributed by atoms with Crippen LogP contribution in [0.2, 0.25) is 0 Å². The van der Waals surface area contributed by atoms with Crippen molar-refractivity contribution in [1.82, 2.24) is 0 Å². The molecule has 1 aliphatic heterocycles. The fraction of sp³-hybridized carbons (Fsp3) is 0.400. The molecular weight excluding hydrogens is 90.1 g/mol. The molecule has 0 radical (unpaired) electrons. The van der Waals surface area contributed by atoms with E-state index in [1.165, 1.54) is 6.21 Å². The molecule has 2 nitrogen and oxygen atoms in total. The molecule has 0 saturated carbocycles. The van der Waals surface area contributed by atoms with Gasteiger partial charge in [0.2, 0.25) is 0 Å². The molecule has 0 aromatic heterocycles. The van der Waals surface area contributed by atoms with Gasteiger partial charge in [0.15, 0.2) is 0 Å². The first-order chi connectivity index (χ1) is 3.39. The van der Waals surface area contributed by atoms with Gasteiger partial charge in [-0.3, -0.25) is 4.99 Å². The summed E-state index contributed by atoms with van der Waals surface area (Å²) in [4.78, 5) is 3.81. The van der Waals surface area contributed by atoms with Gasteiger partial charge in [-0.1, -0.05) is 0 Å². The summed E-state index contributed by atoms with van der Waals surface area (Å²) in [5.41, 5.74) is 0. The highest BCUT2D eigenvalue weighted by Gasteiger charge is 1.89. The van der Waals surface area contributed by atoms with Crippen LogP contribution < -0.4 is 0 Å². The topological polar surface area (TPSA) is 32.6 Å². The molecule has 0 bridgehead atoms. The Morgan fingerprint density at radius 2 is 2.57 bits per heavy atom. The van der Waals surface area contributed by atoms with Crippen LogP contribution >= 0.6 is 0 Å². The highest BCUT2D eigenvalue weighted by Crippen LogP contribution is 1.94. The van der Waals surface area contributed by atoms with E-state index in [-0.39, 0.29) is 0 Å². The molecule has 1 rings (SSSR count). The molecule has 0 aromatic rings. The van der Waals surface area contributed by atoms with Crippen molar-refractivity contribution in [2.75, 3.05) is 6.54 Å². The van der Waals surface area contributed by atoms with Crippen molar-refractivity contribution >= 4 is 6.21 Å². The number of hydrogen-bond donors (Lipinski definition) is 1. The molecule has 0 fully saturated rings. The van der Waals surface area contributed by atoms with Gasteiger partial charge < -0.3 is 5.11 Å². The van der Waals surface area contributed by atoms with E-state index in [0.717, 1.165) is 13.0 Å². The predicted molar refractivity (Wildman–Crippen MR) is 28.7 cm³/mol. The fourth-order valence-electron chi connectivity index (χ4n) is 0.498. The first-order valence-corrected chi connectivity index (χ1v) is 2.28. The Bertz CT molecular complexity index is 115. The second-order valence-corrected chi connectivity index (χ2v) is 1.45. The van der Waals surface area contributed by atoms with Gasteiger partial charge >= 0.3 is 0 Å². The summed E-state index contributed by atoms with van der Waals surface area (Å²) in [6.07, 6.45) is 4.11. The number of allylic oxidation sites excluding steroid dienone is 1. The lowest BCUT2D eigenvalue weighted by atomic mass is 10.3. The number of rotatable bonds is 0. The Morgan fingerprint density at radius 1 is 1.71 bits per heavy atom. The zero-order valence-corrected chi connectivity index (χ0v) is 3.96. The fourth-order valence-corrected chi connectivity index (χ4v) is 0.498. The third-order valence-corrected chi connectivity index (χ3v) is 0.835. The molecule has 1 heterocycles. The van der Waals surface area contributed by atoms with Gasteiger partial charge in [-0.05, 0) is 12.5 Å². The van der Waals surface area contributed by atoms with Crippen LogP contribution in [0, 0.1) is 0 Å². The molecule has 0 spiro atoms. The SMILES string of the molecule is OC1=CCCN=C1. The number of dihydropyridines is 1. The first-order valence-electron chi connectivity index (χ1n) is 2.28. The van der Waals surface area contributed by atoms with Crippen LogP contribution in [0.25, 0.3) is 0 Å². The third kappa shape index (κ3) is 1.03. The summed E-state index contributed by atoms with van der Waals surface area (Å²) in [5.74, 6) is 0.297. The van der Waals surface area contributed by atoms with Gasteiger partial charge in [0.1, 0.15) is 5.76 Å². The van der Waals surface area contributed by atoms with Crippen molar-refractivity contribution in [3.8, 4) is 0 Å². The van der Waals surface area contributed by atoms with Crippen molar-refractivity contribution in [3.63, 3.8) is 0 Å². The van der Waals surface area contributed by atoms with E-state index >= 15 is 0 Å². The molecule has 0 aliphatic carbocycles. The Hall–Kier alpha value is -0.790. The molecule has 0 aromatic carbocycles. The highest BCUT2D eigenvalue weighted by atomic mass is 16.3. The molecule has 38 valence electrons. The van der Waals surface area contributed by atoms with Crippen LogP contribution in [0.3, 0.4) is 0 Å². The monoisotopic (exact) mass is 97.1 g/mol. The number of hydrogen-bond acceptors (Lipinski definition) is 2. The summed E-state index contributed by atoms with van der Waals surface area (Å²) < 4.78 is 0. The van der Waals surface area contributed by atoms with Crippen LogP contribution in [0.1, 0.15) is 6.42 Å². The van der Waals surface area contributed by atoms with Crippen molar-refractivity contribution < 1.29 is 5.11 Å². The average molecular weight is 97.1 g/mol. The zero-order chi connectivity index (χ0) is 5.11. The van der Waals surface area contributed by atoms with E-state index in [2.05, 4.69) is 4.99 Å². The van der Waals surface area contributed by atoms with E-state index in [1.54, 1.807) is 6.08 Å². The number of aliphatic imine (C=N–C) groups is 1. The smallest absolute Gasteiger partial charge is 0.129 e. The van der Waals surface area contributed by atoms with E-state index in [9.17, 15) is 0 Å². The second-order valence-electron chi connectivity index (χ2n) is 1.45. The number of nitrogens with zero attached hydrogens (tertiary/aromatic N) is 1.